The van der Waals surface area contributed by atoms with Gasteiger partial charge in [0.2, 0.25) is 5.75 Å². The van der Waals surface area contributed by atoms with Crippen LogP contribution >= 0.6 is 0 Å². The Labute approximate surface area is 114 Å². The normalized spacial score (nSPS) is 11.5. The van der Waals surface area contributed by atoms with Gasteiger partial charge in [-0.15, -0.1) is 0 Å². The Hall–Kier alpha value is -2.16. The number of ether oxygens (including phenoxy) is 3. The van der Waals surface area contributed by atoms with Gasteiger partial charge in [0.05, 0.1) is 21.3 Å². The fourth-order valence-electron chi connectivity index (χ4n) is 1.67. The molecule has 19 heavy (non-hydrogen) atoms. The first-order valence-electron chi connectivity index (χ1n) is 5.93. The summed E-state index contributed by atoms with van der Waals surface area (Å²) in [5, 5.41) is 0. The highest BCUT2D eigenvalue weighted by Crippen LogP contribution is 2.38. The Morgan fingerprint density at radius 1 is 1.05 bits per heavy atom. The van der Waals surface area contributed by atoms with Crippen LogP contribution in [0.4, 0.5) is 0 Å². The number of hydrogen-bond donors (Lipinski definition) is 0. The first kappa shape index (κ1) is 14.9. The highest BCUT2D eigenvalue weighted by atomic mass is 16.5. The molecule has 0 aromatic heterocycles. The zero-order valence-electron chi connectivity index (χ0n) is 11.9. The van der Waals surface area contributed by atoms with Crippen molar-refractivity contribution in [1.29, 1.82) is 0 Å². The Kier molecular flexibility index (Phi) is 5.73. The monoisotopic (exact) mass is 260 g/mol. The summed E-state index contributed by atoms with van der Waals surface area (Å²) in [6, 6.07) is 3.80. The lowest BCUT2D eigenvalue weighted by atomic mass is 10.1. The highest BCUT2D eigenvalue weighted by molar-refractivity contribution is 5.63. The fraction of sp³-hybridized carbons (Fsp3) is 0.250. The first-order valence-corrected chi connectivity index (χ1v) is 5.93. The molecule has 0 saturated carbocycles. The summed E-state index contributed by atoms with van der Waals surface area (Å²) in [7, 11) is 4.80. The van der Waals surface area contributed by atoms with Gasteiger partial charge in [0.1, 0.15) is 0 Å². The summed E-state index contributed by atoms with van der Waals surface area (Å²) in [6.45, 7) is 5.68. The van der Waals surface area contributed by atoms with Crippen molar-refractivity contribution in [3.63, 3.8) is 0 Å². The van der Waals surface area contributed by atoms with Crippen LogP contribution in [0.3, 0.4) is 0 Å². The van der Waals surface area contributed by atoms with E-state index in [0.29, 0.717) is 17.2 Å². The number of methoxy groups -OCH3 is 3. The Balaban J connectivity index is 3.16. The van der Waals surface area contributed by atoms with E-state index in [1.807, 2.05) is 37.3 Å². The second kappa shape index (κ2) is 7.31. The van der Waals surface area contributed by atoms with Crippen LogP contribution in [0.15, 0.2) is 42.5 Å². The molecular weight excluding hydrogens is 240 g/mol. The molecule has 0 heterocycles. The van der Waals surface area contributed by atoms with Crippen LogP contribution in [0.5, 0.6) is 17.2 Å². The molecule has 0 fully saturated rings. The first-order chi connectivity index (χ1) is 9.15. The molecule has 0 aliphatic carbocycles. The van der Waals surface area contributed by atoms with E-state index in [1.54, 1.807) is 27.4 Å². The second-order valence-corrected chi connectivity index (χ2v) is 3.94. The lowest BCUT2D eigenvalue weighted by Crippen LogP contribution is -1.95. The van der Waals surface area contributed by atoms with E-state index in [-0.39, 0.29) is 0 Å². The Morgan fingerprint density at radius 3 is 2.05 bits per heavy atom. The van der Waals surface area contributed by atoms with Gasteiger partial charge in [-0.1, -0.05) is 36.5 Å². The standard InChI is InChI=1S/C16H20O3/c1-6-7-12(2)8-9-13-10-14(17-3)16(19-5)15(11-13)18-4/h6-11H,1H2,2-5H3/b9-8+,12-7+. The minimum Gasteiger partial charge on any atom is -0.493 e. The van der Waals surface area contributed by atoms with Crippen molar-refractivity contribution < 1.29 is 14.2 Å². The van der Waals surface area contributed by atoms with Gasteiger partial charge in [0.25, 0.3) is 0 Å². The lowest BCUT2D eigenvalue weighted by Gasteiger charge is -2.12. The molecule has 0 saturated heterocycles. The SMILES string of the molecule is C=C/C=C(C)/C=C/c1cc(OC)c(OC)c(OC)c1. The molecule has 3 nitrogen and oxygen atoms in total. The van der Waals surface area contributed by atoms with Crippen LogP contribution in [-0.2, 0) is 0 Å². The summed E-state index contributed by atoms with van der Waals surface area (Å²) in [6.07, 6.45) is 7.69. The van der Waals surface area contributed by atoms with Crippen molar-refractivity contribution in [3.05, 3.63) is 48.1 Å². The molecule has 0 aliphatic heterocycles. The minimum atomic E-state index is 0.598. The maximum absolute atomic E-state index is 5.30. The van der Waals surface area contributed by atoms with Crippen LogP contribution in [0.1, 0.15) is 12.5 Å². The number of benzene rings is 1. The predicted octanol–water partition coefficient (Wildman–Crippen LogP) is 3.86. The van der Waals surface area contributed by atoms with E-state index in [2.05, 4.69) is 6.58 Å². The molecule has 0 aliphatic rings. The molecule has 0 amide bonds. The molecule has 0 N–H and O–H groups in total. The van der Waals surface area contributed by atoms with Crippen molar-refractivity contribution >= 4 is 6.08 Å². The van der Waals surface area contributed by atoms with Gasteiger partial charge in [-0.3, -0.25) is 0 Å². The van der Waals surface area contributed by atoms with Crippen molar-refractivity contribution in [2.45, 2.75) is 6.92 Å². The zero-order valence-corrected chi connectivity index (χ0v) is 11.9. The number of rotatable bonds is 6. The molecule has 3 heteroatoms. The van der Waals surface area contributed by atoms with E-state index >= 15 is 0 Å². The summed E-state index contributed by atoms with van der Waals surface area (Å²) >= 11 is 0. The van der Waals surface area contributed by atoms with Crippen molar-refractivity contribution in [2.24, 2.45) is 0 Å². The topological polar surface area (TPSA) is 27.7 Å². The van der Waals surface area contributed by atoms with Crippen LogP contribution in [0, 0.1) is 0 Å². The molecular formula is C16H20O3. The van der Waals surface area contributed by atoms with Crippen LogP contribution in [0.2, 0.25) is 0 Å². The van der Waals surface area contributed by atoms with Gasteiger partial charge in [0, 0.05) is 0 Å². The molecule has 0 atom stereocenters. The Morgan fingerprint density at radius 2 is 1.63 bits per heavy atom. The van der Waals surface area contributed by atoms with Gasteiger partial charge in [-0.2, -0.15) is 0 Å². The van der Waals surface area contributed by atoms with E-state index < -0.39 is 0 Å². The Bertz CT molecular complexity index is 474. The largest absolute Gasteiger partial charge is 0.493 e. The van der Waals surface area contributed by atoms with E-state index in [1.165, 1.54) is 0 Å². The molecule has 0 unspecified atom stereocenters. The summed E-state index contributed by atoms with van der Waals surface area (Å²) in [5.74, 6) is 1.89. The van der Waals surface area contributed by atoms with Crippen LogP contribution in [-0.4, -0.2) is 21.3 Å². The third-order valence-corrected chi connectivity index (χ3v) is 2.61. The second-order valence-electron chi connectivity index (χ2n) is 3.94. The molecule has 1 aromatic rings. The van der Waals surface area contributed by atoms with Gasteiger partial charge in [-0.05, 0) is 24.6 Å². The van der Waals surface area contributed by atoms with E-state index in [9.17, 15) is 0 Å². The quantitative estimate of drug-likeness (QED) is 0.727. The number of allylic oxidation sites excluding steroid dienone is 4. The fourth-order valence-corrected chi connectivity index (χ4v) is 1.67. The average Bonchev–Trinajstić information content (AvgIpc) is 2.44. The number of hydrogen-bond acceptors (Lipinski definition) is 3. The van der Waals surface area contributed by atoms with Crippen molar-refractivity contribution in [1.82, 2.24) is 0 Å². The van der Waals surface area contributed by atoms with Gasteiger partial charge >= 0.3 is 0 Å². The third-order valence-electron chi connectivity index (χ3n) is 2.61. The molecule has 102 valence electrons. The average molecular weight is 260 g/mol. The van der Waals surface area contributed by atoms with Crippen LogP contribution in [0.25, 0.3) is 6.08 Å². The van der Waals surface area contributed by atoms with Crippen LogP contribution < -0.4 is 14.2 Å². The molecule has 1 aromatic carbocycles. The van der Waals surface area contributed by atoms with Gasteiger partial charge < -0.3 is 14.2 Å². The van der Waals surface area contributed by atoms with E-state index in [4.69, 9.17) is 14.2 Å². The van der Waals surface area contributed by atoms with Crippen molar-refractivity contribution in [2.75, 3.05) is 21.3 Å². The van der Waals surface area contributed by atoms with Crippen molar-refractivity contribution in [3.8, 4) is 17.2 Å². The summed E-state index contributed by atoms with van der Waals surface area (Å²) < 4.78 is 15.9. The highest BCUT2D eigenvalue weighted by Gasteiger charge is 2.11. The minimum absolute atomic E-state index is 0.598. The molecule has 0 radical (unpaired) electrons. The maximum Gasteiger partial charge on any atom is 0.203 e. The van der Waals surface area contributed by atoms with E-state index in [0.717, 1.165) is 11.1 Å². The third kappa shape index (κ3) is 3.91. The predicted molar refractivity (Wildman–Crippen MR) is 79.1 cm³/mol. The van der Waals surface area contributed by atoms with Gasteiger partial charge in [-0.25, -0.2) is 0 Å². The maximum atomic E-state index is 5.30. The summed E-state index contributed by atoms with van der Waals surface area (Å²) in [4.78, 5) is 0. The lowest BCUT2D eigenvalue weighted by molar-refractivity contribution is 0.324. The summed E-state index contributed by atoms with van der Waals surface area (Å²) in [5.41, 5.74) is 2.09. The van der Waals surface area contributed by atoms with Gasteiger partial charge in [0.15, 0.2) is 11.5 Å². The smallest absolute Gasteiger partial charge is 0.203 e. The zero-order chi connectivity index (χ0) is 14.3. The molecule has 0 bridgehead atoms. The molecule has 0 spiro atoms. The molecule has 1 rings (SSSR count).